The van der Waals surface area contributed by atoms with Crippen molar-refractivity contribution < 1.29 is 28.4 Å². The maximum atomic E-state index is 16.3. The van der Waals surface area contributed by atoms with Crippen LogP contribution in [0.3, 0.4) is 0 Å². The Labute approximate surface area is 251 Å². The third-order valence-electron chi connectivity index (χ3n) is 7.08. The molecule has 0 fully saturated rings. The van der Waals surface area contributed by atoms with Crippen LogP contribution in [0.5, 0.6) is 23.4 Å². The van der Waals surface area contributed by atoms with E-state index in [4.69, 9.17) is 35.5 Å². The lowest BCUT2D eigenvalue weighted by Gasteiger charge is -2.39. The average Bonchev–Trinajstić information content (AvgIpc) is 2.97. The molecule has 0 aliphatic heterocycles. The van der Waals surface area contributed by atoms with Crippen molar-refractivity contribution in [3.05, 3.63) is 82.1 Å². The van der Waals surface area contributed by atoms with Gasteiger partial charge in [-0.15, -0.1) is 0 Å². The molecule has 0 bridgehead atoms. The fourth-order valence-electron chi connectivity index (χ4n) is 5.13. The minimum atomic E-state index is -1.74. The van der Waals surface area contributed by atoms with E-state index < -0.39 is 17.3 Å². The first-order valence-electron chi connectivity index (χ1n) is 13.8. The number of hydrogen-bond acceptors (Lipinski definition) is 8. The van der Waals surface area contributed by atoms with Gasteiger partial charge in [0.1, 0.15) is 5.60 Å². The zero-order chi connectivity index (χ0) is 30.4. The highest BCUT2D eigenvalue weighted by Crippen LogP contribution is 2.49. The van der Waals surface area contributed by atoms with E-state index in [1.54, 1.807) is 42.5 Å². The van der Waals surface area contributed by atoms with Gasteiger partial charge < -0.3 is 29.0 Å². The molecule has 2 aromatic heterocycles. The second-order valence-corrected chi connectivity index (χ2v) is 10.5. The first-order chi connectivity index (χ1) is 20.1. The summed E-state index contributed by atoms with van der Waals surface area (Å²) in [6, 6.07) is 15.4. The van der Waals surface area contributed by atoms with Crippen LogP contribution in [-0.4, -0.2) is 68.0 Å². The van der Waals surface area contributed by atoms with Gasteiger partial charge in [-0.2, -0.15) is 4.98 Å². The van der Waals surface area contributed by atoms with Gasteiger partial charge in [0.05, 0.1) is 38.9 Å². The first-order valence-corrected chi connectivity index (χ1v) is 14.1. The van der Waals surface area contributed by atoms with Crippen LogP contribution in [0, 0.1) is 5.82 Å². The molecule has 0 saturated carbocycles. The first kappa shape index (κ1) is 31.3. The molecule has 0 saturated heterocycles. The molecule has 0 aliphatic carbocycles. The molecular formula is C32H37ClFN3O5. The van der Waals surface area contributed by atoms with E-state index in [1.807, 2.05) is 38.9 Å². The predicted octanol–water partition coefficient (Wildman–Crippen LogP) is 6.21. The average molecular weight is 598 g/mol. The molecule has 0 radical (unpaired) electrons. The number of rotatable bonds is 13. The molecule has 1 N–H and O–H groups in total. The van der Waals surface area contributed by atoms with Crippen LogP contribution in [-0.2, 0) is 5.60 Å². The zero-order valence-electron chi connectivity index (χ0n) is 24.8. The SMILES string of the molecule is CCOc1cc(C(O)(CCN(C)C)C(c2cc3cc(Cl)ccc3nc2OC)c2cccc(OC)c2F)cc(OCC)n1. The normalized spacial score (nSPS) is 13.6. The summed E-state index contributed by atoms with van der Waals surface area (Å²) >= 11 is 6.35. The fraction of sp³-hybridized carbons (Fsp3) is 0.375. The number of aromatic nitrogens is 2. The fourth-order valence-corrected chi connectivity index (χ4v) is 5.31. The Morgan fingerprint density at radius 3 is 2.21 bits per heavy atom. The van der Waals surface area contributed by atoms with Crippen molar-refractivity contribution in [1.29, 1.82) is 0 Å². The number of ether oxygens (including phenoxy) is 4. The molecule has 2 atom stereocenters. The van der Waals surface area contributed by atoms with E-state index in [2.05, 4.69) is 4.98 Å². The Morgan fingerprint density at radius 2 is 1.62 bits per heavy atom. The molecule has 8 nitrogen and oxygen atoms in total. The standard InChI is InChI=1S/C32H37ClFN3O5/c1-7-41-27-18-21(19-28(36-27)42-8-2)32(38,14-15-37(3)4)29(23-10-9-11-26(39-5)30(23)34)24-17-20-16-22(33)12-13-25(20)35-31(24)40-6/h9-13,16-19,29,38H,7-8,14-15H2,1-6H3. The number of aliphatic hydroxyl groups is 1. The molecule has 2 aromatic carbocycles. The van der Waals surface area contributed by atoms with Crippen molar-refractivity contribution in [2.45, 2.75) is 31.8 Å². The van der Waals surface area contributed by atoms with Crippen LogP contribution in [0.4, 0.5) is 4.39 Å². The van der Waals surface area contributed by atoms with Gasteiger partial charge in [-0.05, 0) is 70.3 Å². The van der Waals surface area contributed by atoms with Crippen molar-refractivity contribution >= 4 is 22.5 Å². The predicted molar refractivity (Wildman–Crippen MR) is 162 cm³/mol. The second-order valence-electron chi connectivity index (χ2n) is 10.1. The molecule has 4 aromatic rings. The van der Waals surface area contributed by atoms with Gasteiger partial charge in [0.2, 0.25) is 17.6 Å². The van der Waals surface area contributed by atoms with E-state index in [9.17, 15) is 5.11 Å². The number of fused-ring (bicyclic) bond motifs is 1. The largest absolute Gasteiger partial charge is 0.494 e. The summed E-state index contributed by atoms with van der Waals surface area (Å²) in [5.41, 5.74) is 0.00656. The number of halogens is 2. The number of pyridine rings is 2. The topological polar surface area (TPSA) is 86.2 Å². The molecule has 2 unspecified atom stereocenters. The summed E-state index contributed by atoms with van der Waals surface area (Å²) in [7, 11) is 6.72. The third kappa shape index (κ3) is 6.53. The van der Waals surface area contributed by atoms with E-state index in [1.165, 1.54) is 20.3 Å². The monoisotopic (exact) mass is 597 g/mol. The summed E-state index contributed by atoms with van der Waals surface area (Å²) in [5, 5.41) is 14.3. The molecule has 4 rings (SSSR count). The van der Waals surface area contributed by atoms with Crippen LogP contribution >= 0.6 is 11.6 Å². The molecule has 10 heteroatoms. The smallest absolute Gasteiger partial charge is 0.217 e. The lowest BCUT2D eigenvalue weighted by atomic mass is 9.71. The van der Waals surface area contributed by atoms with Gasteiger partial charge in [0.15, 0.2) is 11.6 Å². The van der Waals surface area contributed by atoms with Crippen molar-refractivity contribution in [1.82, 2.24) is 14.9 Å². The molecule has 0 aliphatic rings. The molecule has 42 heavy (non-hydrogen) atoms. The lowest BCUT2D eigenvalue weighted by molar-refractivity contribution is 0.00224. The minimum absolute atomic E-state index is 0.0444. The van der Waals surface area contributed by atoms with Crippen LogP contribution in [0.1, 0.15) is 42.9 Å². The van der Waals surface area contributed by atoms with E-state index >= 15 is 4.39 Å². The summed E-state index contributed by atoms with van der Waals surface area (Å²) < 4.78 is 38.9. The Hall–Kier alpha value is -3.66. The van der Waals surface area contributed by atoms with Crippen LogP contribution in [0.25, 0.3) is 10.9 Å². The maximum Gasteiger partial charge on any atom is 0.217 e. The quantitative estimate of drug-likeness (QED) is 0.195. The summed E-state index contributed by atoms with van der Waals surface area (Å²) in [6.07, 6.45) is 0.194. The lowest BCUT2D eigenvalue weighted by Crippen LogP contribution is -2.38. The van der Waals surface area contributed by atoms with Crippen LogP contribution in [0.15, 0.2) is 54.6 Å². The van der Waals surface area contributed by atoms with Crippen molar-refractivity contribution in [2.75, 3.05) is 48.1 Å². The maximum absolute atomic E-state index is 16.3. The number of methoxy groups -OCH3 is 2. The van der Waals surface area contributed by atoms with Gasteiger partial charge >= 0.3 is 0 Å². The molecule has 2 heterocycles. The van der Waals surface area contributed by atoms with Gasteiger partial charge in [-0.3, -0.25) is 0 Å². The Balaban J connectivity index is 2.11. The zero-order valence-corrected chi connectivity index (χ0v) is 25.5. The van der Waals surface area contributed by atoms with Gasteiger partial charge in [0, 0.05) is 40.2 Å². The molecule has 0 spiro atoms. The molecular weight excluding hydrogens is 561 g/mol. The summed E-state index contributed by atoms with van der Waals surface area (Å²) in [6.45, 7) is 4.87. The van der Waals surface area contributed by atoms with E-state index in [0.717, 1.165) is 0 Å². The number of nitrogens with zero attached hydrogens (tertiary/aromatic N) is 3. The minimum Gasteiger partial charge on any atom is -0.494 e. The van der Waals surface area contributed by atoms with Crippen molar-refractivity contribution in [2.24, 2.45) is 0 Å². The van der Waals surface area contributed by atoms with Gasteiger partial charge in [-0.1, -0.05) is 23.7 Å². The van der Waals surface area contributed by atoms with Crippen LogP contribution < -0.4 is 18.9 Å². The Kier molecular flexibility index (Phi) is 10.1. The highest BCUT2D eigenvalue weighted by molar-refractivity contribution is 6.31. The Morgan fingerprint density at radius 1 is 0.929 bits per heavy atom. The van der Waals surface area contributed by atoms with Gasteiger partial charge in [0.25, 0.3) is 0 Å². The van der Waals surface area contributed by atoms with Crippen molar-refractivity contribution in [3.8, 4) is 23.4 Å². The Bertz CT molecular complexity index is 1510. The van der Waals surface area contributed by atoms with Gasteiger partial charge in [-0.25, -0.2) is 9.37 Å². The second kappa shape index (κ2) is 13.5. The molecule has 0 amide bonds. The number of hydrogen-bond donors (Lipinski definition) is 1. The molecule has 224 valence electrons. The van der Waals surface area contributed by atoms with Crippen molar-refractivity contribution in [3.63, 3.8) is 0 Å². The summed E-state index contributed by atoms with van der Waals surface area (Å²) in [4.78, 5) is 11.1. The van der Waals surface area contributed by atoms with E-state index in [-0.39, 0.29) is 35.4 Å². The number of benzene rings is 2. The van der Waals surface area contributed by atoms with E-state index in [0.29, 0.717) is 46.8 Å². The van der Waals surface area contributed by atoms with Crippen LogP contribution in [0.2, 0.25) is 5.02 Å². The summed E-state index contributed by atoms with van der Waals surface area (Å²) in [5.74, 6) is -0.785. The highest BCUT2D eigenvalue weighted by Gasteiger charge is 2.44. The third-order valence-corrected chi connectivity index (χ3v) is 7.31. The highest BCUT2D eigenvalue weighted by atomic mass is 35.5.